The Labute approximate surface area is 148 Å². The van der Waals surface area contributed by atoms with Gasteiger partial charge in [-0.25, -0.2) is 15.0 Å². The molecule has 0 unspecified atom stereocenters. The highest BCUT2D eigenvalue weighted by molar-refractivity contribution is 4.89. The molecule has 3 rings (SSSR count). The Kier molecular flexibility index (Phi) is 6.81. The summed E-state index contributed by atoms with van der Waals surface area (Å²) in [5.41, 5.74) is 0. The molecular formula is C18H27N7. The molecule has 3 aromatic heterocycles. The highest BCUT2D eigenvalue weighted by Gasteiger charge is 2.07. The van der Waals surface area contributed by atoms with E-state index >= 15 is 0 Å². The molecule has 0 aromatic carbocycles. The minimum Gasteiger partial charge on any atom is -0.349 e. The van der Waals surface area contributed by atoms with Crippen LogP contribution in [0.1, 0.15) is 36.7 Å². The van der Waals surface area contributed by atoms with Gasteiger partial charge < -0.3 is 19.9 Å². The van der Waals surface area contributed by atoms with Crippen molar-refractivity contribution < 1.29 is 0 Å². The van der Waals surface area contributed by atoms with E-state index in [2.05, 4.69) is 34.8 Å². The van der Waals surface area contributed by atoms with E-state index in [1.54, 1.807) is 0 Å². The molecule has 0 fully saturated rings. The van der Waals surface area contributed by atoms with Crippen molar-refractivity contribution in [2.75, 3.05) is 19.6 Å². The third-order valence-corrected chi connectivity index (χ3v) is 4.33. The average Bonchev–Trinajstić information content (AvgIpc) is 3.38. The average molecular weight is 341 g/mol. The summed E-state index contributed by atoms with van der Waals surface area (Å²) in [4.78, 5) is 25.0. The molecule has 3 N–H and O–H groups in total. The number of aromatic nitrogens is 6. The summed E-state index contributed by atoms with van der Waals surface area (Å²) in [6, 6.07) is 0. The van der Waals surface area contributed by atoms with E-state index in [1.165, 1.54) is 0 Å². The second kappa shape index (κ2) is 9.78. The second-order valence-corrected chi connectivity index (χ2v) is 6.26. The van der Waals surface area contributed by atoms with E-state index in [0.717, 1.165) is 75.6 Å². The highest BCUT2D eigenvalue weighted by Crippen LogP contribution is 2.05. The van der Waals surface area contributed by atoms with Gasteiger partial charge in [0.05, 0.1) is 0 Å². The van der Waals surface area contributed by atoms with Crippen LogP contribution in [-0.2, 0) is 19.3 Å². The lowest BCUT2D eigenvalue weighted by Crippen LogP contribution is -2.28. The van der Waals surface area contributed by atoms with E-state index in [1.807, 2.05) is 37.2 Å². The van der Waals surface area contributed by atoms with Crippen molar-refractivity contribution in [1.82, 2.24) is 34.8 Å². The Bertz CT molecular complexity index is 563. The topological polar surface area (TPSA) is 89.3 Å². The van der Waals surface area contributed by atoms with Gasteiger partial charge in [-0.2, -0.15) is 0 Å². The molecule has 0 amide bonds. The van der Waals surface area contributed by atoms with Crippen molar-refractivity contribution >= 4 is 0 Å². The van der Waals surface area contributed by atoms with Crippen LogP contribution in [0.4, 0.5) is 0 Å². The molecule has 0 aliphatic heterocycles. The smallest absolute Gasteiger partial charge is 0.106 e. The molecule has 0 spiro atoms. The molecule has 0 aliphatic rings. The quantitative estimate of drug-likeness (QED) is 0.472. The zero-order valence-corrected chi connectivity index (χ0v) is 14.6. The van der Waals surface area contributed by atoms with Crippen molar-refractivity contribution in [1.29, 1.82) is 0 Å². The second-order valence-electron chi connectivity index (χ2n) is 6.26. The van der Waals surface area contributed by atoms with Crippen molar-refractivity contribution in [3.05, 3.63) is 54.7 Å². The zero-order valence-electron chi connectivity index (χ0n) is 14.6. The first-order valence-electron chi connectivity index (χ1n) is 9.07. The minimum atomic E-state index is 1.000. The lowest BCUT2D eigenvalue weighted by Gasteiger charge is -2.22. The van der Waals surface area contributed by atoms with Gasteiger partial charge in [0.2, 0.25) is 0 Å². The lowest BCUT2D eigenvalue weighted by atomic mass is 10.2. The maximum Gasteiger partial charge on any atom is 0.106 e. The lowest BCUT2D eigenvalue weighted by molar-refractivity contribution is 0.262. The predicted octanol–water partition coefficient (Wildman–Crippen LogP) is 2.36. The summed E-state index contributed by atoms with van der Waals surface area (Å²) in [6.07, 6.45) is 17.5. The number of nitrogens with one attached hydrogen (secondary N) is 3. The summed E-state index contributed by atoms with van der Waals surface area (Å²) < 4.78 is 0. The van der Waals surface area contributed by atoms with Crippen molar-refractivity contribution in [3.63, 3.8) is 0 Å². The van der Waals surface area contributed by atoms with Crippen LogP contribution in [0.3, 0.4) is 0 Å². The molecule has 0 saturated heterocycles. The molecule has 7 nitrogen and oxygen atoms in total. The molecular weight excluding hydrogens is 314 g/mol. The van der Waals surface area contributed by atoms with Crippen LogP contribution in [0.15, 0.2) is 37.2 Å². The first-order chi connectivity index (χ1) is 12.4. The van der Waals surface area contributed by atoms with Crippen LogP contribution in [0, 0.1) is 0 Å². The van der Waals surface area contributed by atoms with Crippen molar-refractivity contribution in [3.8, 4) is 0 Å². The van der Waals surface area contributed by atoms with E-state index < -0.39 is 0 Å². The Morgan fingerprint density at radius 1 is 0.600 bits per heavy atom. The summed E-state index contributed by atoms with van der Waals surface area (Å²) in [5.74, 6) is 3.23. The standard InChI is InChI=1S/C18H27N7/c1(4-16-19-7-8-20-16)13-25(14-2-5-17-21-9-10-22-17)15-3-6-18-23-11-12-24-18/h7-12H,1-6,13-15H2,(H,19,20)(H,21,22)(H,23,24). The van der Waals surface area contributed by atoms with Gasteiger partial charge in [0.25, 0.3) is 0 Å². The fourth-order valence-corrected chi connectivity index (χ4v) is 3.05. The number of nitrogens with zero attached hydrogens (tertiary/aromatic N) is 4. The molecule has 7 heteroatoms. The Balaban J connectivity index is 1.40. The largest absolute Gasteiger partial charge is 0.349 e. The van der Waals surface area contributed by atoms with Gasteiger partial charge in [-0.1, -0.05) is 0 Å². The Morgan fingerprint density at radius 3 is 1.24 bits per heavy atom. The van der Waals surface area contributed by atoms with E-state index in [4.69, 9.17) is 0 Å². The highest BCUT2D eigenvalue weighted by atomic mass is 15.1. The monoisotopic (exact) mass is 341 g/mol. The fraction of sp³-hybridized carbons (Fsp3) is 0.500. The number of aromatic amines is 3. The number of H-pyrrole nitrogens is 3. The van der Waals surface area contributed by atoms with Crippen LogP contribution in [0.5, 0.6) is 0 Å². The van der Waals surface area contributed by atoms with Gasteiger partial charge in [-0.3, -0.25) is 0 Å². The third kappa shape index (κ3) is 6.19. The number of imidazole rings is 3. The zero-order chi connectivity index (χ0) is 17.2. The summed E-state index contributed by atoms with van der Waals surface area (Å²) in [7, 11) is 0. The molecule has 0 radical (unpaired) electrons. The number of aryl methyl sites for hydroxylation is 3. The van der Waals surface area contributed by atoms with Crippen LogP contribution >= 0.6 is 0 Å². The molecule has 0 saturated carbocycles. The number of hydrogen-bond acceptors (Lipinski definition) is 4. The van der Waals surface area contributed by atoms with Crippen molar-refractivity contribution in [2.45, 2.75) is 38.5 Å². The van der Waals surface area contributed by atoms with Gasteiger partial charge in [-0.05, 0) is 38.9 Å². The summed E-state index contributed by atoms with van der Waals surface area (Å²) in [5, 5.41) is 0. The first-order valence-corrected chi connectivity index (χ1v) is 9.07. The molecule has 134 valence electrons. The maximum absolute atomic E-state index is 4.31. The van der Waals surface area contributed by atoms with Gasteiger partial charge >= 0.3 is 0 Å². The van der Waals surface area contributed by atoms with E-state index in [0.29, 0.717) is 0 Å². The van der Waals surface area contributed by atoms with Crippen LogP contribution in [-0.4, -0.2) is 54.4 Å². The van der Waals surface area contributed by atoms with E-state index in [-0.39, 0.29) is 0 Å². The fourth-order valence-electron chi connectivity index (χ4n) is 3.05. The molecule has 0 bridgehead atoms. The minimum absolute atomic E-state index is 1.000. The van der Waals surface area contributed by atoms with Crippen LogP contribution in [0.2, 0.25) is 0 Å². The maximum atomic E-state index is 4.31. The molecule has 25 heavy (non-hydrogen) atoms. The molecule has 3 heterocycles. The normalized spacial score (nSPS) is 11.4. The van der Waals surface area contributed by atoms with Gasteiger partial charge in [0.15, 0.2) is 0 Å². The van der Waals surface area contributed by atoms with Gasteiger partial charge in [0.1, 0.15) is 17.5 Å². The molecule has 0 aliphatic carbocycles. The Morgan fingerprint density at radius 2 is 0.960 bits per heavy atom. The molecule has 0 atom stereocenters. The van der Waals surface area contributed by atoms with Gasteiger partial charge in [-0.15, -0.1) is 0 Å². The van der Waals surface area contributed by atoms with Crippen LogP contribution in [0.25, 0.3) is 0 Å². The number of hydrogen-bond donors (Lipinski definition) is 3. The Hall–Kier alpha value is -2.41. The van der Waals surface area contributed by atoms with Crippen LogP contribution < -0.4 is 0 Å². The third-order valence-electron chi connectivity index (χ3n) is 4.33. The summed E-state index contributed by atoms with van der Waals surface area (Å²) in [6.45, 7) is 3.28. The van der Waals surface area contributed by atoms with Crippen molar-refractivity contribution in [2.24, 2.45) is 0 Å². The SMILES string of the molecule is c1c[nH]c(CCCN(CCCc2ncc[nH]2)CCCc2ncc[nH]2)n1. The predicted molar refractivity (Wildman–Crippen MR) is 97.2 cm³/mol. The van der Waals surface area contributed by atoms with E-state index in [9.17, 15) is 0 Å². The number of rotatable bonds is 12. The summed E-state index contributed by atoms with van der Waals surface area (Å²) >= 11 is 0. The first kappa shape index (κ1) is 17.4. The molecule has 3 aromatic rings. The van der Waals surface area contributed by atoms with Gasteiger partial charge in [0, 0.05) is 56.4 Å².